The maximum absolute atomic E-state index is 12.4. The highest BCUT2D eigenvalue weighted by molar-refractivity contribution is 6.41. The van der Waals surface area contributed by atoms with Crippen LogP contribution >= 0.6 is 34.8 Å². The van der Waals surface area contributed by atoms with Crippen molar-refractivity contribution in [2.24, 2.45) is 0 Å². The van der Waals surface area contributed by atoms with Crippen molar-refractivity contribution in [1.82, 2.24) is 15.4 Å². The fraction of sp³-hybridized carbons (Fsp3) is 0.312. The highest BCUT2D eigenvalue weighted by Gasteiger charge is 2.22. The summed E-state index contributed by atoms with van der Waals surface area (Å²) in [5, 5.41) is 0.815. The molecule has 134 valence electrons. The lowest BCUT2D eigenvalue weighted by atomic mass is 9.95. The molecule has 1 aromatic carbocycles. The van der Waals surface area contributed by atoms with Crippen LogP contribution in [-0.4, -0.2) is 15.9 Å². The highest BCUT2D eigenvalue weighted by atomic mass is 35.5. The lowest BCUT2D eigenvalue weighted by molar-refractivity contribution is 0.0960. The van der Waals surface area contributed by atoms with E-state index in [0.717, 1.165) is 0 Å². The Hall–Kier alpha value is -1.76. The first-order chi connectivity index (χ1) is 11.5. The maximum Gasteiger partial charge on any atom is 0.277 e. The number of amides is 1. The van der Waals surface area contributed by atoms with Crippen molar-refractivity contribution in [3.8, 4) is 0 Å². The van der Waals surface area contributed by atoms with Gasteiger partial charge in [-0.2, -0.15) is 0 Å². The molecule has 0 radical (unpaired) electrons. The van der Waals surface area contributed by atoms with Crippen LogP contribution in [0.25, 0.3) is 0 Å². The van der Waals surface area contributed by atoms with Crippen molar-refractivity contribution < 1.29 is 4.79 Å². The molecule has 0 fully saturated rings. The SMILES string of the molecule is Cc1nc(C(C)(C)C)[nH]c(=O)c1C(=O)NNc1c(Cl)cc(Cl)cc1Cl. The summed E-state index contributed by atoms with van der Waals surface area (Å²) in [6, 6.07) is 2.95. The normalized spacial score (nSPS) is 11.3. The van der Waals surface area contributed by atoms with Crippen LogP contribution in [0.5, 0.6) is 0 Å². The van der Waals surface area contributed by atoms with Crippen LogP contribution in [0.15, 0.2) is 16.9 Å². The molecule has 0 aliphatic rings. The molecule has 1 aromatic heterocycles. The summed E-state index contributed by atoms with van der Waals surface area (Å²) in [6.07, 6.45) is 0. The molecular formula is C16H17Cl3N4O2. The fourth-order valence-corrected chi connectivity index (χ4v) is 2.96. The number of nitrogens with zero attached hydrogens (tertiary/aromatic N) is 1. The minimum absolute atomic E-state index is 0.0956. The second kappa shape index (κ2) is 7.23. The Balaban J connectivity index is 2.27. The van der Waals surface area contributed by atoms with Gasteiger partial charge in [0.25, 0.3) is 11.5 Å². The first-order valence-electron chi connectivity index (χ1n) is 7.33. The third-order valence-electron chi connectivity index (χ3n) is 3.35. The zero-order chi connectivity index (χ0) is 18.9. The Kier molecular flexibility index (Phi) is 5.66. The Morgan fingerprint density at radius 2 is 1.72 bits per heavy atom. The summed E-state index contributed by atoms with van der Waals surface area (Å²) in [5.74, 6) is -0.155. The summed E-state index contributed by atoms with van der Waals surface area (Å²) in [5.41, 5.74) is 4.63. The van der Waals surface area contributed by atoms with Crippen LogP contribution in [0.3, 0.4) is 0 Å². The Morgan fingerprint density at radius 3 is 2.20 bits per heavy atom. The van der Waals surface area contributed by atoms with Gasteiger partial charge >= 0.3 is 0 Å². The molecular weight excluding hydrogens is 387 g/mol. The van der Waals surface area contributed by atoms with Crippen molar-refractivity contribution in [3.63, 3.8) is 0 Å². The first kappa shape index (κ1) is 19.6. The molecule has 2 rings (SSSR count). The third kappa shape index (κ3) is 4.45. The van der Waals surface area contributed by atoms with E-state index < -0.39 is 11.5 Å². The predicted octanol–water partition coefficient (Wildman–Crippen LogP) is 4.09. The molecule has 0 saturated carbocycles. The number of carbonyl (C=O) groups is 1. The number of halogens is 3. The number of benzene rings is 1. The summed E-state index contributed by atoms with van der Waals surface area (Å²) in [6.45, 7) is 7.34. The Bertz CT molecular complexity index is 865. The molecule has 0 unspecified atom stereocenters. The molecule has 0 bridgehead atoms. The maximum atomic E-state index is 12.4. The molecule has 3 N–H and O–H groups in total. The number of hydrazine groups is 1. The van der Waals surface area contributed by atoms with Gasteiger partial charge in [0.05, 0.1) is 21.4 Å². The van der Waals surface area contributed by atoms with Gasteiger partial charge in [0.1, 0.15) is 11.4 Å². The van der Waals surface area contributed by atoms with Gasteiger partial charge in [0, 0.05) is 10.4 Å². The molecule has 0 spiro atoms. The van der Waals surface area contributed by atoms with Crippen LogP contribution in [0, 0.1) is 6.92 Å². The minimum Gasteiger partial charge on any atom is -0.309 e. The molecule has 1 amide bonds. The van der Waals surface area contributed by atoms with Crippen LogP contribution in [0.2, 0.25) is 15.1 Å². The quantitative estimate of drug-likeness (QED) is 0.674. The average Bonchev–Trinajstić information content (AvgIpc) is 2.44. The van der Waals surface area contributed by atoms with Crippen molar-refractivity contribution in [2.75, 3.05) is 5.43 Å². The second-order valence-corrected chi connectivity index (χ2v) is 7.70. The lowest BCUT2D eigenvalue weighted by Crippen LogP contribution is -2.36. The van der Waals surface area contributed by atoms with Gasteiger partial charge in [0.15, 0.2) is 0 Å². The number of aryl methyl sites for hydroxylation is 1. The molecule has 9 heteroatoms. The Labute approximate surface area is 159 Å². The molecule has 0 aliphatic heterocycles. The summed E-state index contributed by atoms with van der Waals surface area (Å²) < 4.78 is 0. The summed E-state index contributed by atoms with van der Waals surface area (Å²) in [7, 11) is 0. The smallest absolute Gasteiger partial charge is 0.277 e. The molecule has 2 aromatic rings. The second-order valence-electron chi connectivity index (χ2n) is 6.45. The van der Waals surface area contributed by atoms with E-state index in [1.807, 2.05) is 20.8 Å². The number of carbonyl (C=O) groups excluding carboxylic acids is 1. The molecule has 0 saturated heterocycles. The van der Waals surface area contributed by atoms with E-state index >= 15 is 0 Å². The van der Waals surface area contributed by atoms with Gasteiger partial charge in [0.2, 0.25) is 0 Å². The van der Waals surface area contributed by atoms with E-state index in [1.165, 1.54) is 12.1 Å². The van der Waals surface area contributed by atoms with E-state index in [9.17, 15) is 9.59 Å². The first-order valence-corrected chi connectivity index (χ1v) is 8.46. The van der Waals surface area contributed by atoms with E-state index in [0.29, 0.717) is 16.5 Å². The van der Waals surface area contributed by atoms with E-state index in [-0.39, 0.29) is 26.7 Å². The van der Waals surface area contributed by atoms with E-state index in [1.54, 1.807) is 6.92 Å². The number of rotatable bonds is 3. The van der Waals surface area contributed by atoms with Crippen molar-refractivity contribution >= 4 is 46.4 Å². The number of aromatic nitrogens is 2. The van der Waals surface area contributed by atoms with Crippen LogP contribution in [-0.2, 0) is 5.41 Å². The van der Waals surface area contributed by atoms with Crippen LogP contribution in [0.4, 0.5) is 5.69 Å². The monoisotopic (exact) mass is 402 g/mol. The molecule has 1 heterocycles. The van der Waals surface area contributed by atoms with Gasteiger partial charge in [-0.15, -0.1) is 0 Å². The van der Waals surface area contributed by atoms with Gasteiger partial charge in [-0.25, -0.2) is 4.98 Å². The zero-order valence-corrected chi connectivity index (χ0v) is 16.3. The predicted molar refractivity (Wildman–Crippen MR) is 101 cm³/mol. The molecule has 0 aliphatic carbocycles. The van der Waals surface area contributed by atoms with Gasteiger partial charge in [-0.3, -0.25) is 20.4 Å². The summed E-state index contributed by atoms with van der Waals surface area (Å²) >= 11 is 17.9. The zero-order valence-electron chi connectivity index (χ0n) is 14.1. The molecule has 25 heavy (non-hydrogen) atoms. The van der Waals surface area contributed by atoms with E-state index in [2.05, 4.69) is 20.8 Å². The van der Waals surface area contributed by atoms with Gasteiger partial charge in [-0.1, -0.05) is 55.6 Å². The van der Waals surface area contributed by atoms with E-state index in [4.69, 9.17) is 34.8 Å². The largest absolute Gasteiger partial charge is 0.309 e. The fourth-order valence-electron chi connectivity index (χ4n) is 2.05. The van der Waals surface area contributed by atoms with Crippen LogP contribution in [0.1, 0.15) is 42.6 Å². The third-order valence-corrected chi connectivity index (χ3v) is 4.16. The number of anilines is 1. The number of aromatic amines is 1. The van der Waals surface area contributed by atoms with Crippen LogP contribution < -0.4 is 16.4 Å². The summed E-state index contributed by atoms with van der Waals surface area (Å²) in [4.78, 5) is 31.6. The Morgan fingerprint density at radius 1 is 1.16 bits per heavy atom. The standard InChI is InChI=1S/C16H17Cl3N4O2/c1-7-11(13(24)21-15(20-7)16(2,3)4)14(25)23-22-12-9(18)5-8(17)6-10(12)19/h5-6,22H,1-4H3,(H,23,25)(H,20,21,24). The van der Waals surface area contributed by atoms with Crippen molar-refractivity contribution in [1.29, 1.82) is 0 Å². The van der Waals surface area contributed by atoms with Crippen molar-refractivity contribution in [2.45, 2.75) is 33.1 Å². The highest BCUT2D eigenvalue weighted by Crippen LogP contribution is 2.33. The number of H-pyrrole nitrogens is 1. The minimum atomic E-state index is -0.659. The average molecular weight is 404 g/mol. The number of nitrogens with one attached hydrogen (secondary N) is 3. The topological polar surface area (TPSA) is 86.9 Å². The van der Waals surface area contributed by atoms with Crippen molar-refractivity contribution in [3.05, 3.63) is 54.6 Å². The molecule has 0 atom stereocenters. The van der Waals surface area contributed by atoms with Gasteiger partial charge < -0.3 is 4.98 Å². The number of hydrogen-bond donors (Lipinski definition) is 3. The number of hydrogen-bond acceptors (Lipinski definition) is 4. The molecule has 6 nitrogen and oxygen atoms in total. The van der Waals surface area contributed by atoms with Gasteiger partial charge in [-0.05, 0) is 19.1 Å². The lowest BCUT2D eigenvalue weighted by Gasteiger charge is -2.18.